The van der Waals surface area contributed by atoms with Crippen molar-refractivity contribution in [2.24, 2.45) is 0 Å². The van der Waals surface area contributed by atoms with Crippen molar-refractivity contribution >= 4 is 16.9 Å². The Morgan fingerprint density at radius 1 is 0.861 bits per heavy atom. The van der Waals surface area contributed by atoms with Crippen molar-refractivity contribution in [3.05, 3.63) is 76.2 Å². The lowest BCUT2D eigenvalue weighted by molar-refractivity contribution is 0.0227. The highest BCUT2D eigenvalue weighted by Crippen LogP contribution is 2.29. The van der Waals surface area contributed by atoms with E-state index >= 15 is 0 Å². The topological polar surface area (TPSA) is 76.5 Å². The van der Waals surface area contributed by atoms with Crippen molar-refractivity contribution in [2.45, 2.75) is 76.5 Å². The third-order valence-corrected chi connectivity index (χ3v) is 7.71. The van der Waals surface area contributed by atoms with E-state index in [1.807, 2.05) is 59.2 Å². The van der Waals surface area contributed by atoms with Crippen LogP contribution in [0.2, 0.25) is 0 Å². The van der Waals surface area contributed by atoms with Gasteiger partial charge in [-0.15, -0.1) is 0 Å². The number of rotatable bonds is 6. The molecule has 0 atom stereocenters. The molecule has 36 heavy (non-hydrogen) atoms. The minimum absolute atomic E-state index is 0.0481. The second-order valence-corrected chi connectivity index (χ2v) is 10.1. The van der Waals surface area contributed by atoms with Crippen molar-refractivity contribution in [1.29, 1.82) is 0 Å². The molecule has 1 N–H and O–H groups in total. The van der Waals surface area contributed by atoms with Crippen molar-refractivity contribution in [2.75, 3.05) is 13.1 Å². The maximum atomic E-state index is 13.6. The van der Waals surface area contributed by atoms with E-state index in [9.17, 15) is 9.59 Å². The SMILES string of the molecule is O=C(NOCc1ccccc1)c1nc2ccccc2n(C2CCN(C3CCCCCCC3)CC2)c1=O. The van der Waals surface area contributed by atoms with Crippen LogP contribution in [0, 0.1) is 0 Å². The molecule has 1 aromatic heterocycles. The van der Waals surface area contributed by atoms with Crippen LogP contribution in [0.15, 0.2) is 59.4 Å². The quantitative estimate of drug-likeness (QED) is 0.494. The summed E-state index contributed by atoms with van der Waals surface area (Å²) in [6.07, 6.45) is 11.1. The molecule has 2 fully saturated rings. The molecule has 1 aliphatic carbocycles. The van der Waals surface area contributed by atoms with Crippen LogP contribution < -0.4 is 11.0 Å². The molecule has 0 spiro atoms. The van der Waals surface area contributed by atoms with Gasteiger partial charge in [0.25, 0.3) is 11.5 Å². The van der Waals surface area contributed by atoms with Crippen LogP contribution in [-0.2, 0) is 11.4 Å². The summed E-state index contributed by atoms with van der Waals surface area (Å²) in [6.45, 7) is 2.19. The fourth-order valence-electron chi connectivity index (χ4n) is 5.78. The second kappa shape index (κ2) is 11.8. The number of amides is 1. The molecule has 1 saturated heterocycles. The Labute approximate surface area is 212 Å². The lowest BCUT2D eigenvalue weighted by atomic mass is 9.93. The zero-order valence-electron chi connectivity index (χ0n) is 20.9. The molecule has 1 amide bonds. The Balaban J connectivity index is 1.32. The van der Waals surface area contributed by atoms with Crippen molar-refractivity contribution < 1.29 is 9.63 Å². The summed E-state index contributed by atoms with van der Waals surface area (Å²) in [4.78, 5) is 39.0. The molecule has 5 rings (SSSR count). The van der Waals surface area contributed by atoms with Crippen LogP contribution in [-0.4, -0.2) is 39.5 Å². The van der Waals surface area contributed by atoms with Gasteiger partial charge in [0, 0.05) is 25.2 Å². The standard InChI is InChI=1S/C29H36N4O3/c34-28(31-36-21-22-11-5-4-6-12-22)27-29(35)33(26-16-10-9-15-25(26)30-27)24-17-19-32(20-18-24)23-13-7-2-1-3-8-14-23/h4-6,9-12,15-16,23-24H,1-3,7-8,13-14,17-21H2,(H,31,34). The number of likely N-dealkylation sites (tertiary alicyclic amines) is 1. The van der Waals surface area contributed by atoms with Crippen LogP contribution in [0.25, 0.3) is 11.0 Å². The first-order valence-electron chi connectivity index (χ1n) is 13.4. The van der Waals surface area contributed by atoms with Gasteiger partial charge in [-0.2, -0.15) is 0 Å². The number of carbonyl (C=O) groups is 1. The fourth-order valence-corrected chi connectivity index (χ4v) is 5.78. The second-order valence-electron chi connectivity index (χ2n) is 10.1. The minimum atomic E-state index is -0.609. The molecule has 2 aliphatic rings. The molecule has 2 aromatic carbocycles. The van der Waals surface area contributed by atoms with Gasteiger partial charge in [-0.05, 0) is 43.4 Å². The van der Waals surface area contributed by atoms with Crippen LogP contribution in [0.5, 0.6) is 0 Å². The van der Waals surface area contributed by atoms with Crippen LogP contribution in [0.4, 0.5) is 0 Å². The highest BCUT2D eigenvalue weighted by molar-refractivity contribution is 5.93. The van der Waals surface area contributed by atoms with Crippen LogP contribution in [0.3, 0.4) is 0 Å². The van der Waals surface area contributed by atoms with Crippen molar-refractivity contribution in [3.63, 3.8) is 0 Å². The van der Waals surface area contributed by atoms with E-state index in [1.54, 1.807) is 0 Å². The third-order valence-electron chi connectivity index (χ3n) is 7.71. The molecule has 1 saturated carbocycles. The van der Waals surface area contributed by atoms with E-state index in [2.05, 4.69) is 15.4 Å². The largest absolute Gasteiger partial charge is 0.302 e. The number of fused-ring (bicyclic) bond motifs is 1. The number of aromatic nitrogens is 2. The maximum Gasteiger partial charge on any atom is 0.299 e. The molecule has 2 heterocycles. The number of para-hydroxylation sites is 2. The lowest BCUT2D eigenvalue weighted by Gasteiger charge is -2.39. The van der Waals surface area contributed by atoms with E-state index in [1.165, 1.54) is 44.9 Å². The zero-order valence-corrected chi connectivity index (χ0v) is 20.9. The Bertz CT molecular complexity index is 1210. The molecule has 0 bridgehead atoms. The Morgan fingerprint density at radius 3 is 2.28 bits per heavy atom. The zero-order chi connectivity index (χ0) is 24.7. The van der Waals surface area contributed by atoms with Gasteiger partial charge in [0.05, 0.1) is 17.6 Å². The molecule has 0 radical (unpaired) electrons. The summed E-state index contributed by atoms with van der Waals surface area (Å²) in [5, 5.41) is 0. The van der Waals surface area contributed by atoms with Gasteiger partial charge < -0.3 is 9.47 Å². The Hall–Kier alpha value is -3.03. The number of benzene rings is 2. The van der Waals surface area contributed by atoms with E-state index in [4.69, 9.17) is 4.84 Å². The van der Waals surface area contributed by atoms with Gasteiger partial charge >= 0.3 is 0 Å². The van der Waals surface area contributed by atoms with Crippen LogP contribution in [0.1, 0.15) is 79.9 Å². The number of hydrogen-bond acceptors (Lipinski definition) is 5. The average molecular weight is 489 g/mol. The lowest BCUT2D eigenvalue weighted by Crippen LogP contribution is -2.44. The van der Waals surface area contributed by atoms with E-state index in [-0.39, 0.29) is 23.9 Å². The van der Waals surface area contributed by atoms with E-state index < -0.39 is 5.91 Å². The van der Waals surface area contributed by atoms with Gasteiger partial charge in [0.1, 0.15) is 0 Å². The monoisotopic (exact) mass is 488 g/mol. The summed E-state index contributed by atoms with van der Waals surface area (Å²) < 4.78 is 1.81. The summed E-state index contributed by atoms with van der Waals surface area (Å²) in [5.41, 5.74) is 4.31. The molecular weight excluding hydrogens is 452 g/mol. The fraction of sp³-hybridized carbons (Fsp3) is 0.483. The molecule has 0 unspecified atom stereocenters. The highest BCUT2D eigenvalue weighted by Gasteiger charge is 2.29. The number of hydroxylamine groups is 1. The summed E-state index contributed by atoms with van der Waals surface area (Å²) in [6, 6.07) is 17.9. The summed E-state index contributed by atoms with van der Waals surface area (Å²) in [5.74, 6) is -0.609. The molecule has 7 nitrogen and oxygen atoms in total. The minimum Gasteiger partial charge on any atom is -0.302 e. The average Bonchev–Trinajstić information content (AvgIpc) is 2.89. The van der Waals surface area contributed by atoms with Gasteiger partial charge in [-0.25, -0.2) is 10.5 Å². The number of carbonyl (C=O) groups excluding carboxylic acids is 1. The highest BCUT2D eigenvalue weighted by atomic mass is 16.6. The normalized spacial score (nSPS) is 18.6. The summed E-state index contributed by atoms with van der Waals surface area (Å²) >= 11 is 0. The number of piperidine rings is 1. The smallest absolute Gasteiger partial charge is 0.299 e. The first kappa shape index (κ1) is 24.7. The molecule has 7 heteroatoms. The third kappa shape index (κ3) is 5.68. The van der Waals surface area contributed by atoms with Crippen molar-refractivity contribution in [1.82, 2.24) is 19.9 Å². The molecule has 190 valence electrons. The van der Waals surface area contributed by atoms with E-state index in [0.29, 0.717) is 11.6 Å². The first-order valence-corrected chi connectivity index (χ1v) is 13.4. The number of nitrogens with zero attached hydrogens (tertiary/aromatic N) is 3. The Morgan fingerprint density at radius 2 is 1.53 bits per heavy atom. The predicted molar refractivity (Wildman–Crippen MR) is 141 cm³/mol. The number of hydrogen-bond donors (Lipinski definition) is 1. The summed E-state index contributed by atoms with van der Waals surface area (Å²) in [7, 11) is 0. The number of nitrogens with one attached hydrogen (secondary N) is 1. The maximum absolute atomic E-state index is 13.6. The molecule has 1 aliphatic heterocycles. The Kier molecular flexibility index (Phi) is 8.08. The van der Waals surface area contributed by atoms with Gasteiger partial charge in [-0.1, -0.05) is 74.6 Å². The van der Waals surface area contributed by atoms with Gasteiger partial charge in [0.2, 0.25) is 0 Å². The predicted octanol–water partition coefficient (Wildman–Crippen LogP) is 5.01. The van der Waals surface area contributed by atoms with Crippen LogP contribution >= 0.6 is 0 Å². The van der Waals surface area contributed by atoms with Gasteiger partial charge in [-0.3, -0.25) is 14.4 Å². The van der Waals surface area contributed by atoms with Gasteiger partial charge in [0.15, 0.2) is 5.69 Å². The van der Waals surface area contributed by atoms with Crippen molar-refractivity contribution in [3.8, 4) is 0 Å². The van der Waals surface area contributed by atoms with E-state index in [0.717, 1.165) is 37.0 Å². The molecule has 3 aromatic rings. The molecular formula is C29H36N4O3. The first-order chi connectivity index (χ1) is 17.7.